The van der Waals surface area contributed by atoms with Gasteiger partial charge in [-0.2, -0.15) is 0 Å². The first-order valence-corrected chi connectivity index (χ1v) is 9.00. The molecule has 0 unspecified atom stereocenters. The minimum atomic E-state index is 0.284. The molecule has 2 heteroatoms. The predicted molar refractivity (Wildman–Crippen MR) is 101 cm³/mol. The van der Waals surface area contributed by atoms with Crippen molar-refractivity contribution in [2.24, 2.45) is 0 Å². The van der Waals surface area contributed by atoms with E-state index >= 15 is 0 Å². The summed E-state index contributed by atoms with van der Waals surface area (Å²) in [5, 5.41) is 20.2. The van der Waals surface area contributed by atoms with Gasteiger partial charge in [0, 0.05) is 5.92 Å². The van der Waals surface area contributed by atoms with Crippen LogP contribution < -0.4 is 0 Å². The molecular weight excluding hydrogens is 296 g/mol. The summed E-state index contributed by atoms with van der Waals surface area (Å²) < 4.78 is 0. The lowest BCUT2D eigenvalue weighted by Gasteiger charge is -2.21. The zero-order valence-corrected chi connectivity index (χ0v) is 15.5. The third kappa shape index (κ3) is 3.92. The van der Waals surface area contributed by atoms with Crippen molar-refractivity contribution in [3.05, 3.63) is 58.7 Å². The smallest absolute Gasteiger partial charge is 0.119 e. The third-order valence-corrected chi connectivity index (χ3v) is 4.73. The average Bonchev–Trinajstić information content (AvgIpc) is 2.53. The van der Waals surface area contributed by atoms with E-state index in [0.29, 0.717) is 23.3 Å². The van der Waals surface area contributed by atoms with Gasteiger partial charge in [0.05, 0.1) is 0 Å². The van der Waals surface area contributed by atoms with Crippen molar-refractivity contribution < 1.29 is 10.2 Å². The Kier molecular flexibility index (Phi) is 5.93. The molecule has 2 nitrogen and oxygen atoms in total. The van der Waals surface area contributed by atoms with Crippen LogP contribution in [0.1, 0.15) is 87.5 Å². The van der Waals surface area contributed by atoms with Crippen LogP contribution in [0.3, 0.4) is 0 Å². The van der Waals surface area contributed by atoms with E-state index in [1.807, 2.05) is 24.3 Å². The molecule has 130 valence electrons. The minimum Gasteiger partial charge on any atom is -0.508 e. The molecule has 0 fully saturated rings. The van der Waals surface area contributed by atoms with Crippen molar-refractivity contribution in [3.63, 3.8) is 0 Å². The van der Waals surface area contributed by atoms with Gasteiger partial charge >= 0.3 is 0 Å². The highest BCUT2D eigenvalue weighted by Crippen LogP contribution is 2.37. The average molecular weight is 326 g/mol. The van der Waals surface area contributed by atoms with Crippen molar-refractivity contribution >= 4 is 0 Å². The second kappa shape index (κ2) is 7.74. The topological polar surface area (TPSA) is 40.5 Å². The molecule has 0 aliphatic rings. The summed E-state index contributed by atoms with van der Waals surface area (Å²) in [6.07, 6.45) is 2.13. The first-order chi connectivity index (χ1) is 11.3. The molecule has 2 rings (SSSR count). The summed E-state index contributed by atoms with van der Waals surface area (Å²) in [6, 6.07) is 12.0. The zero-order chi connectivity index (χ0) is 17.9. The van der Waals surface area contributed by atoms with Crippen LogP contribution in [0.15, 0.2) is 36.4 Å². The third-order valence-electron chi connectivity index (χ3n) is 4.73. The first kappa shape index (κ1) is 18.4. The standard InChI is InChI=1S/C22H30O2/c1-6-7-18(16-8-10-21(23)19(12-16)14(2)3)17-9-11-22(24)20(13-17)15(4)5/h8-15,18,23-24H,6-7H2,1-5H3. The second-order valence-corrected chi connectivity index (χ2v) is 7.29. The minimum absolute atomic E-state index is 0.284. The number of rotatable bonds is 6. The molecule has 0 saturated heterocycles. The van der Waals surface area contributed by atoms with Gasteiger partial charge in [0.25, 0.3) is 0 Å². The zero-order valence-electron chi connectivity index (χ0n) is 15.5. The second-order valence-electron chi connectivity index (χ2n) is 7.29. The Morgan fingerprint density at radius 1 is 0.750 bits per heavy atom. The molecule has 0 spiro atoms. The highest BCUT2D eigenvalue weighted by atomic mass is 16.3. The van der Waals surface area contributed by atoms with Crippen LogP contribution in [0.5, 0.6) is 11.5 Å². The Morgan fingerprint density at radius 2 is 1.17 bits per heavy atom. The summed E-state index contributed by atoms with van der Waals surface area (Å²) in [5.74, 6) is 1.61. The van der Waals surface area contributed by atoms with E-state index in [1.54, 1.807) is 0 Å². The monoisotopic (exact) mass is 326 g/mol. The lowest BCUT2D eigenvalue weighted by molar-refractivity contribution is 0.464. The molecule has 0 amide bonds. The highest BCUT2D eigenvalue weighted by Gasteiger charge is 2.18. The molecular formula is C22H30O2. The fraction of sp³-hybridized carbons (Fsp3) is 0.455. The SMILES string of the molecule is CCCC(c1ccc(O)c(C(C)C)c1)c1ccc(O)c(C(C)C)c1. The summed E-state index contributed by atoms with van der Waals surface area (Å²) in [7, 11) is 0. The molecule has 2 aromatic carbocycles. The van der Waals surface area contributed by atoms with Crippen molar-refractivity contribution in [2.75, 3.05) is 0 Å². The van der Waals surface area contributed by atoms with Crippen LogP contribution in [0.2, 0.25) is 0 Å². The van der Waals surface area contributed by atoms with Gasteiger partial charge < -0.3 is 10.2 Å². The summed E-state index contributed by atoms with van der Waals surface area (Å²) in [4.78, 5) is 0. The molecule has 0 atom stereocenters. The number of hydrogen-bond donors (Lipinski definition) is 2. The van der Waals surface area contributed by atoms with E-state index in [2.05, 4.69) is 46.8 Å². The molecule has 0 aliphatic carbocycles. The fourth-order valence-corrected chi connectivity index (χ4v) is 3.32. The molecule has 0 saturated carbocycles. The molecule has 0 aliphatic heterocycles. The molecule has 2 aromatic rings. The number of phenolic OH excluding ortho intramolecular Hbond substituents is 2. The molecule has 0 heterocycles. The maximum atomic E-state index is 10.1. The van der Waals surface area contributed by atoms with E-state index < -0.39 is 0 Å². The van der Waals surface area contributed by atoms with Gasteiger partial charge in [0.15, 0.2) is 0 Å². The van der Waals surface area contributed by atoms with Crippen molar-refractivity contribution in [1.82, 2.24) is 0 Å². The summed E-state index contributed by atoms with van der Waals surface area (Å²) in [5.41, 5.74) is 4.46. The van der Waals surface area contributed by atoms with Crippen LogP contribution in [0.25, 0.3) is 0 Å². The van der Waals surface area contributed by atoms with Gasteiger partial charge in [-0.15, -0.1) is 0 Å². The van der Waals surface area contributed by atoms with Crippen LogP contribution in [-0.2, 0) is 0 Å². The Labute approximate surface area is 146 Å². The lowest BCUT2D eigenvalue weighted by atomic mass is 9.84. The Morgan fingerprint density at radius 3 is 1.50 bits per heavy atom. The largest absolute Gasteiger partial charge is 0.508 e. The number of aromatic hydroxyl groups is 2. The Hall–Kier alpha value is -1.96. The number of phenols is 2. The van der Waals surface area contributed by atoms with Crippen LogP contribution in [0, 0.1) is 0 Å². The summed E-state index contributed by atoms with van der Waals surface area (Å²) >= 11 is 0. The van der Waals surface area contributed by atoms with Crippen molar-refractivity contribution in [1.29, 1.82) is 0 Å². The van der Waals surface area contributed by atoms with Crippen LogP contribution >= 0.6 is 0 Å². The predicted octanol–water partition coefficient (Wildman–Crippen LogP) is 6.28. The quantitative estimate of drug-likeness (QED) is 0.656. The van der Waals surface area contributed by atoms with Crippen LogP contribution in [-0.4, -0.2) is 10.2 Å². The molecule has 0 radical (unpaired) electrons. The van der Waals surface area contributed by atoms with E-state index in [1.165, 1.54) is 11.1 Å². The highest BCUT2D eigenvalue weighted by molar-refractivity contribution is 5.45. The van der Waals surface area contributed by atoms with Gasteiger partial charge in [-0.25, -0.2) is 0 Å². The first-order valence-electron chi connectivity index (χ1n) is 9.00. The van der Waals surface area contributed by atoms with Gasteiger partial charge in [-0.3, -0.25) is 0 Å². The summed E-state index contributed by atoms with van der Waals surface area (Å²) in [6.45, 7) is 10.6. The maximum Gasteiger partial charge on any atom is 0.119 e. The van der Waals surface area contributed by atoms with Crippen molar-refractivity contribution in [3.8, 4) is 11.5 Å². The van der Waals surface area contributed by atoms with E-state index in [-0.39, 0.29) is 5.92 Å². The lowest BCUT2D eigenvalue weighted by Crippen LogP contribution is -2.04. The van der Waals surface area contributed by atoms with Gasteiger partial charge in [-0.05, 0) is 52.6 Å². The molecule has 0 bridgehead atoms. The van der Waals surface area contributed by atoms with Gasteiger partial charge in [-0.1, -0.05) is 65.3 Å². The normalized spacial score (nSPS) is 11.7. The molecule has 2 N–H and O–H groups in total. The Bertz CT molecular complexity index is 629. The van der Waals surface area contributed by atoms with Gasteiger partial charge in [0.2, 0.25) is 0 Å². The number of benzene rings is 2. The molecule has 0 aromatic heterocycles. The van der Waals surface area contributed by atoms with E-state index in [4.69, 9.17) is 0 Å². The number of hydrogen-bond acceptors (Lipinski definition) is 2. The van der Waals surface area contributed by atoms with E-state index in [0.717, 1.165) is 24.0 Å². The molecule has 24 heavy (non-hydrogen) atoms. The van der Waals surface area contributed by atoms with E-state index in [9.17, 15) is 10.2 Å². The van der Waals surface area contributed by atoms with Crippen molar-refractivity contribution in [2.45, 2.75) is 65.2 Å². The van der Waals surface area contributed by atoms with Gasteiger partial charge in [0.1, 0.15) is 11.5 Å². The maximum absolute atomic E-state index is 10.1. The van der Waals surface area contributed by atoms with Crippen LogP contribution in [0.4, 0.5) is 0 Å². The fourth-order valence-electron chi connectivity index (χ4n) is 3.32. The Balaban J connectivity index is 2.51.